The summed E-state index contributed by atoms with van der Waals surface area (Å²) < 4.78 is 11.9. The van der Waals surface area contributed by atoms with Crippen LogP contribution in [0.1, 0.15) is 56.3 Å². The molecule has 1 heterocycles. The molecule has 1 aromatic heterocycles. The molecule has 0 bridgehead atoms. The summed E-state index contributed by atoms with van der Waals surface area (Å²) in [6.07, 6.45) is 6.26. The summed E-state index contributed by atoms with van der Waals surface area (Å²) >= 11 is 0. The van der Waals surface area contributed by atoms with Crippen molar-refractivity contribution < 1.29 is 9.15 Å². The zero-order valence-electron chi connectivity index (χ0n) is 12.7. The molecule has 2 aromatic rings. The van der Waals surface area contributed by atoms with Gasteiger partial charge < -0.3 is 14.5 Å². The zero-order chi connectivity index (χ0) is 14.2. The van der Waals surface area contributed by atoms with Crippen LogP contribution in [-0.4, -0.2) is 12.6 Å². The third-order valence-electron chi connectivity index (χ3n) is 4.36. The van der Waals surface area contributed by atoms with Crippen LogP contribution in [0, 0.1) is 0 Å². The Morgan fingerprint density at radius 1 is 1.24 bits per heavy atom. The van der Waals surface area contributed by atoms with E-state index in [1.165, 1.54) is 36.6 Å². The second kappa shape index (κ2) is 5.38. The highest BCUT2D eigenvalue weighted by Gasteiger charge is 2.31. The lowest BCUT2D eigenvalue weighted by molar-refractivity contribution is 0.318. The van der Waals surface area contributed by atoms with E-state index in [0.29, 0.717) is 12.0 Å². The molecular formula is C18H23NO2. The Balaban J connectivity index is 1.66. The minimum atomic E-state index is 0.698. The SMILES string of the molecule is CCCOc1ccc2oc(CNC3CC3)c(C3CC3)c2c1. The van der Waals surface area contributed by atoms with E-state index in [4.69, 9.17) is 9.15 Å². The smallest absolute Gasteiger partial charge is 0.134 e. The van der Waals surface area contributed by atoms with E-state index in [2.05, 4.69) is 24.4 Å². The van der Waals surface area contributed by atoms with Crippen molar-refractivity contribution in [1.29, 1.82) is 0 Å². The maximum atomic E-state index is 6.12. The van der Waals surface area contributed by atoms with Crippen LogP contribution in [0.25, 0.3) is 11.0 Å². The molecule has 112 valence electrons. The summed E-state index contributed by atoms with van der Waals surface area (Å²) in [7, 11) is 0. The highest BCUT2D eigenvalue weighted by atomic mass is 16.5. The lowest BCUT2D eigenvalue weighted by Crippen LogP contribution is -2.15. The minimum absolute atomic E-state index is 0.698. The molecule has 2 aliphatic carbocycles. The Morgan fingerprint density at radius 3 is 2.81 bits per heavy atom. The summed E-state index contributed by atoms with van der Waals surface area (Å²) in [5.41, 5.74) is 2.44. The third kappa shape index (κ3) is 2.80. The number of furan rings is 1. The van der Waals surface area contributed by atoms with E-state index in [0.717, 1.165) is 36.7 Å². The fourth-order valence-corrected chi connectivity index (χ4v) is 2.93. The lowest BCUT2D eigenvalue weighted by Gasteiger charge is -2.05. The van der Waals surface area contributed by atoms with Crippen LogP contribution in [0.2, 0.25) is 0 Å². The van der Waals surface area contributed by atoms with Crippen molar-refractivity contribution in [2.45, 2.75) is 57.5 Å². The number of hydrogen-bond acceptors (Lipinski definition) is 3. The van der Waals surface area contributed by atoms with Crippen LogP contribution in [-0.2, 0) is 6.54 Å². The normalized spacial score (nSPS) is 18.3. The first-order valence-electron chi connectivity index (χ1n) is 8.26. The Labute approximate surface area is 125 Å². The molecule has 0 radical (unpaired) electrons. The van der Waals surface area contributed by atoms with Crippen LogP contribution in [0.4, 0.5) is 0 Å². The van der Waals surface area contributed by atoms with Crippen molar-refractivity contribution >= 4 is 11.0 Å². The highest BCUT2D eigenvalue weighted by molar-refractivity contribution is 5.84. The molecule has 21 heavy (non-hydrogen) atoms. The number of fused-ring (bicyclic) bond motifs is 1. The van der Waals surface area contributed by atoms with Gasteiger partial charge in [0.05, 0.1) is 13.2 Å². The number of benzene rings is 1. The first kappa shape index (κ1) is 13.2. The Bertz CT molecular complexity index is 638. The molecule has 1 aromatic carbocycles. The summed E-state index contributed by atoms with van der Waals surface area (Å²) in [6.45, 7) is 3.78. The molecule has 2 aliphatic rings. The van der Waals surface area contributed by atoms with Crippen molar-refractivity contribution in [3.63, 3.8) is 0 Å². The topological polar surface area (TPSA) is 34.4 Å². The summed E-state index contributed by atoms with van der Waals surface area (Å²) in [6, 6.07) is 6.97. The van der Waals surface area contributed by atoms with Gasteiger partial charge in [-0.15, -0.1) is 0 Å². The summed E-state index contributed by atoms with van der Waals surface area (Å²) in [5.74, 6) is 2.81. The number of nitrogens with one attached hydrogen (secondary N) is 1. The van der Waals surface area contributed by atoms with E-state index in [1.807, 2.05) is 6.07 Å². The molecule has 1 N–H and O–H groups in total. The Morgan fingerprint density at radius 2 is 2.10 bits per heavy atom. The fraction of sp³-hybridized carbons (Fsp3) is 0.556. The Hall–Kier alpha value is -1.48. The van der Waals surface area contributed by atoms with Gasteiger partial charge in [-0.2, -0.15) is 0 Å². The monoisotopic (exact) mass is 285 g/mol. The Kier molecular flexibility index (Phi) is 3.38. The molecule has 0 unspecified atom stereocenters. The molecular weight excluding hydrogens is 262 g/mol. The van der Waals surface area contributed by atoms with Gasteiger partial charge in [-0.05, 0) is 56.2 Å². The van der Waals surface area contributed by atoms with Crippen molar-refractivity contribution in [1.82, 2.24) is 5.32 Å². The van der Waals surface area contributed by atoms with E-state index in [-0.39, 0.29) is 0 Å². The van der Waals surface area contributed by atoms with Crippen LogP contribution in [0.5, 0.6) is 5.75 Å². The average molecular weight is 285 g/mol. The second-order valence-corrected chi connectivity index (χ2v) is 6.37. The lowest BCUT2D eigenvalue weighted by atomic mass is 10.1. The van der Waals surface area contributed by atoms with Crippen LogP contribution in [0.3, 0.4) is 0 Å². The third-order valence-corrected chi connectivity index (χ3v) is 4.36. The van der Waals surface area contributed by atoms with Crippen molar-refractivity contribution in [2.75, 3.05) is 6.61 Å². The van der Waals surface area contributed by atoms with Gasteiger partial charge in [0.15, 0.2) is 0 Å². The van der Waals surface area contributed by atoms with Gasteiger partial charge in [-0.3, -0.25) is 0 Å². The maximum absolute atomic E-state index is 6.12. The van der Waals surface area contributed by atoms with Crippen LogP contribution in [0.15, 0.2) is 22.6 Å². The van der Waals surface area contributed by atoms with Crippen molar-refractivity contribution in [3.05, 3.63) is 29.5 Å². The van der Waals surface area contributed by atoms with Crippen molar-refractivity contribution in [3.8, 4) is 5.75 Å². The van der Waals surface area contributed by atoms with E-state index in [1.54, 1.807) is 0 Å². The largest absolute Gasteiger partial charge is 0.494 e. The first-order valence-corrected chi connectivity index (χ1v) is 8.26. The van der Waals surface area contributed by atoms with E-state index < -0.39 is 0 Å². The van der Waals surface area contributed by atoms with Gasteiger partial charge in [-0.25, -0.2) is 0 Å². The molecule has 0 amide bonds. The summed E-state index contributed by atoms with van der Waals surface area (Å²) in [4.78, 5) is 0. The molecule has 4 rings (SSSR count). The zero-order valence-corrected chi connectivity index (χ0v) is 12.7. The predicted molar refractivity (Wildman–Crippen MR) is 83.8 cm³/mol. The summed E-state index contributed by atoms with van der Waals surface area (Å²) in [5, 5.41) is 4.84. The first-order chi connectivity index (χ1) is 10.3. The van der Waals surface area contributed by atoms with Crippen LogP contribution < -0.4 is 10.1 Å². The van der Waals surface area contributed by atoms with Crippen molar-refractivity contribution in [2.24, 2.45) is 0 Å². The molecule has 0 spiro atoms. The van der Waals surface area contributed by atoms with E-state index >= 15 is 0 Å². The van der Waals surface area contributed by atoms with E-state index in [9.17, 15) is 0 Å². The van der Waals surface area contributed by atoms with Gasteiger partial charge in [0.1, 0.15) is 17.1 Å². The number of hydrogen-bond donors (Lipinski definition) is 1. The van der Waals surface area contributed by atoms with Gasteiger partial charge in [0.2, 0.25) is 0 Å². The van der Waals surface area contributed by atoms with Crippen LogP contribution >= 0.6 is 0 Å². The standard InChI is InChI=1S/C18H23NO2/c1-2-9-20-14-7-8-16-15(10-14)18(12-3-4-12)17(21-16)11-19-13-5-6-13/h7-8,10,12-13,19H,2-6,9,11H2,1H3. The quantitative estimate of drug-likeness (QED) is 0.821. The molecule has 3 heteroatoms. The van der Waals surface area contributed by atoms with Gasteiger partial charge >= 0.3 is 0 Å². The predicted octanol–water partition coefficient (Wildman–Crippen LogP) is 4.35. The maximum Gasteiger partial charge on any atom is 0.134 e. The number of rotatable bonds is 7. The molecule has 2 saturated carbocycles. The fourth-order valence-electron chi connectivity index (χ4n) is 2.93. The highest BCUT2D eigenvalue weighted by Crippen LogP contribution is 2.46. The minimum Gasteiger partial charge on any atom is -0.494 e. The second-order valence-electron chi connectivity index (χ2n) is 6.37. The molecule has 0 saturated heterocycles. The van der Waals surface area contributed by atoms with Gasteiger partial charge in [0, 0.05) is 17.0 Å². The molecule has 2 fully saturated rings. The molecule has 0 atom stereocenters. The average Bonchev–Trinajstić information content (AvgIpc) is 3.41. The number of ether oxygens (including phenoxy) is 1. The van der Waals surface area contributed by atoms with Gasteiger partial charge in [-0.1, -0.05) is 6.92 Å². The van der Waals surface area contributed by atoms with Gasteiger partial charge in [0.25, 0.3) is 0 Å². The molecule has 0 aliphatic heterocycles. The molecule has 3 nitrogen and oxygen atoms in total.